The second-order valence-electron chi connectivity index (χ2n) is 3.55. The maximum absolute atomic E-state index is 5.62. The molecule has 0 spiro atoms. The van der Waals surface area contributed by atoms with E-state index in [4.69, 9.17) is 5.73 Å². The van der Waals surface area contributed by atoms with Gasteiger partial charge in [-0.3, -0.25) is 0 Å². The van der Waals surface area contributed by atoms with E-state index in [2.05, 4.69) is 31.7 Å². The van der Waals surface area contributed by atoms with Crippen molar-refractivity contribution < 1.29 is 0 Å². The zero-order valence-electron chi connectivity index (χ0n) is 9.71. The van der Waals surface area contributed by atoms with Crippen LogP contribution in [0.15, 0.2) is 16.8 Å². The molecule has 0 saturated carbocycles. The lowest BCUT2D eigenvalue weighted by molar-refractivity contribution is 0.860. The fraction of sp³-hybridized carbons (Fsp3) is 0.300. The van der Waals surface area contributed by atoms with Crippen molar-refractivity contribution in [2.75, 3.05) is 30.0 Å². The Morgan fingerprint density at radius 3 is 2.88 bits per heavy atom. The Balaban J connectivity index is 2.18. The van der Waals surface area contributed by atoms with Crippen LogP contribution in [0.25, 0.3) is 0 Å². The van der Waals surface area contributed by atoms with E-state index in [-0.39, 0.29) is 5.95 Å². The molecule has 6 nitrogen and oxygen atoms in total. The second kappa shape index (κ2) is 4.96. The van der Waals surface area contributed by atoms with Gasteiger partial charge in [-0.1, -0.05) is 0 Å². The summed E-state index contributed by atoms with van der Waals surface area (Å²) in [5.41, 5.74) is 6.84. The fourth-order valence-electron chi connectivity index (χ4n) is 1.39. The van der Waals surface area contributed by atoms with Crippen LogP contribution in [0.3, 0.4) is 0 Å². The lowest BCUT2D eigenvalue weighted by Crippen LogP contribution is -2.20. The second-order valence-corrected chi connectivity index (χ2v) is 4.33. The Morgan fingerprint density at radius 1 is 1.41 bits per heavy atom. The fourth-order valence-corrected chi connectivity index (χ4v) is 2.05. The van der Waals surface area contributed by atoms with Gasteiger partial charge in [0.15, 0.2) is 0 Å². The molecule has 2 rings (SSSR count). The number of hydrogen-bond donors (Lipinski definition) is 2. The molecule has 0 unspecified atom stereocenters. The van der Waals surface area contributed by atoms with Gasteiger partial charge in [-0.15, -0.1) is 0 Å². The first kappa shape index (κ1) is 11.6. The predicted octanol–water partition coefficient (Wildman–Crippen LogP) is 1.19. The third-order valence-electron chi connectivity index (χ3n) is 2.21. The van der Waals surface area contributed by atoms with Crippen LogP contribution in [0.1, 0.15) is 5.56 Å². The van der Waals surface area contributed by atoms with Crippen molar-refractivity contribution >= 4 is 29.2 Å². The zero-order valence-corrected chi connectivity index (χ0v) is 10.5. The van der Waals surface area contributed by atoms with Crippen molar-refractivity contribution in [3.8, 4) is 0 Å². The van der Waals surface area contributed by atoms with Gasteiger partial charge < -0.3 is 16.0 Å². The van der Waals surface area contributed by atoms with Gasteiger partial charge in [-0.2, -0.15) is 26.3 Å². The summed E-state index contributed by atoms with van der Waals surface area (Å²) in [4.78, 5) is 14.2. The van der Waals surface area contributed by atoms with E-state index in [9.17, 15) is 0 Å². The zero-order chi connectivity index (χ0) is 12.3. The van der Waals surface area contributed by atoms with Gasteiger partial charge >= 0.3 is 0 Å². The van der Waals surface area contributed by atoms with Gasteiger partial charge in [0.2, 0.25) is 17.8 Å². The van der Waals surface area contributed by atoms with E-state index in [1.165, 1.54) is 5.56 Å². The summed E-state index contributed by atoms with van der Waals surface area (Å²) in [5, 5.41) is 7.00. The van der Waals surface area contributed by atoms with Gasteiger partial charge in [-0.05, 0) is 22.4 Å². The topological polar surface area (TPSA) is 80.0 Å². The van der Waals surface area contributed by atoms with E-state index >= 15 is 0 Å². The minimum absolute atomic E-state index is 0.219. The predicted molar refractivity (Wildman–Crippen MR) is 70.2 cm³/mol. The van der Waals surface area contributed by atoms with E-state index in [0.29, 0.717) is 11.9 Å². The standard InChI is InChI=1S/C10H14N6S/c1-12-9-13-8(11)14-10(15-9)16(2)5-7-3-4-17-6-7/h3-4,6H,5H2,1-2H3,(H3,11,12,13,14,15). The Hall–Kier alpha value is -1.89. The molecule has 2 aromatic heterocycles. The highest BCUT2D eigenvalue weighted by atomic mass is 32.1. The Bertz CT molecular complexity index is 484. The van der Waals surface area contributed by atoms with E-state index in [1.54, 1.807) is 18.4 Å². The molecule has 0 aliphatic heterocycles. The molecular formula is C10H14N6S. The first-order chi connectivity index (χ1) is 8.19. The maximum atomic E-state index is 5.62. The van der Waals surface area contributed by atoms with E-state index in [0.717, 1.165) is 6.54 Å². The molecule has 0 aromatic carbocycles. The summed E-state index contributed by atoms with van der Waals surface area (Å²) in [5.74, 6) is 1.26. The number of nitrogens with zero attached hydrogens (tertiary/aromatic N) is 4. The van der Waals surface area contributed by atoms with Gasteiger partial charge in [-0.25, -0.2) is 0 Å². The largest absolute Gasteiger partial charge is 0.368 e. The molecule has 2 aromatic rings. The molecule has 0 bridgehead atoms. The number of hydrogen-bond acceptors (Lipinski definition) is 7. The van der Waals surface area contributed by atoms with Crippen molar-refractivity contribution in [1.82, 2.24) is 15.0 Å². The SMILES string of the molecule is CNc1nc(N)nc(N(C)Cc2ccsc2)n1. The molecule has 0 aliphatic carbocycles. The van der Waals surface area contributed by atoms with Crippen LogP contribution in [0.4, 0.5) is 17.8 Å². The van der Waals surface area contributed by atoms with Crippen LogP contribution in [-0.4, -0.2) is 29.0 Å². The molecular weight excluding hydrogens is 236 g/mol. The molecule has 0 fully saturated rings. The van der Waals surface area contributed by atoms with Crippen LogP contribution in [0, 0.1) is 0 Å². The summed E-state index contributed by atoms with van der Waals surface area (Å²) in [6, 6.07) is 2.07. The lowest BCUT2D eigenvalue weighted by atomic mass is 10.3. The lowest BCUT2D eigenvalue weighted by Gasteiger charge is -2.16. The number of nitrogens with two attached hydrogens (primary N) is 1. The van der Waals surface area contributed by atoms with Crippen LogP contribution < -0.4 is 16.0 Å². The highest BCUT2D eigenvalue weighted by Gasteiger charge is 2.08. The van der Waals surface area contributed by atoms with Gasteiger partial charge in [0.05, 0.1) is 0 Å². The van der Waals surface area contributed by atoms with Gasteiger partial charge in [0, 0.05) is 20.6 Å². The molecule has 0 aliphatic rings. The summed E-state index contributed by atoms with van der Waals surface area (Å²) < 4.78 is 0. The average Bonchev–Trinajstić information content (AvgIpc) is 2.81. The smallest absolute Gasteiger partial charge is 0.231 e. The molecule has 3 N–H and O–H groups in total. The molecule has 0 radical (unpaired) electrons. The van der Waals surface area contributed by atoms with Crippen LogP contribution in [0.2, 0.25) is 0 Å². The Kier molecular flexibility index (Phi) is 3.38. The molecule has 90 valence electrons. The summed E-state index contributed by atoms with van der Waals surface area (Å²) in [6.07, 6.45) is 0. The van der Waals surface area contributed by atoms with Crippen molar-refractivity contribution in [3.05, 3.63) is 22.4 Å². The van der Waals surface area contributed by atoms with Crippen LogP contribution in [-0.2, 0) is 6.54 Å². The first-order valence-electron chi connectivity index (χ1n) is 5.10. The molecule has 0 atom stereocenters. The van der Waals surface area contributed by atoms with Gasteiger partial charge in [0.25, 0.3) is 0 Å². The van der Waals surface area contributed by atoms with Crippen molar-refractivity contribution in [2.24, 2.45) is 0 Å². The molecule has 0 saturated heterocycles. The van der Waals surface area contributed by atoms with Crippen molar-refractivity contribution in [2.45, 2.75) is 6.54 Å². The number of thiophene rings is 1. The molecule has 7 heteroatoms. The Morgan fingerprint density at radius 2 is 2.24 bits per heavy atom. The maximum Gasteiger partial charge on any atom is 0.231 e. The van der Waals surface area contributed by atoms with E-state index in [1.807, 2.05) is 17.3 Å². The molecule has 2 heterocycles. The minimum Gasteiger partial charge on any atom is -0.368 e. The van der Waals surface area contributed by atoms with Crippen molar-refractivity contribution in [1.29, 1.82) is 0 Å². The normalized spacial score (nSPS) is 10.2. The summed E-state index contributed by atoms with van der Waals surface area (Å²) in [7, 11) is 3.67. The van der Waals surface area contributed by atoms with Gasteiger partial charge in [0.1, 0.15) is 0 Å². The summed E-state index contributed by atoms with van der Waals surface area (Å²) in [6.45, 7) is 0.746. The number of aromatic nitrogens is 3. The molecule has 17 heavy (non-hydrogen) atoms. The number of anilines is 3. The Labute approximate surface area is 104 Å². The quantitative estimate of drug-likeness (QED) is 0.848. The number of rotatable bonds is 4. The first-order valence-corrected chi connectivity index (χ1v) is 6.05. The number of nitrogens with one attached hydrogen (secondary N) is 1. The monoisotopic (exact) mass is 250 g/mol. The third-order valence-corrected chi connectivity index (χ3v) is 2.94. The highest BCUT2D eigenvalue weighted by molar-refractivity contribution is 7.07. The van der Waals surface area contributed by atoms with Crippen molar-refractivity contribution in [3.63, 3.8) is 0 Å². The number of nitrogen functional groups attached to an aromatic ring is 1. The molecule has 0 amide bonds. The average molecular weight is 250 g/mol. The highest BCUT2D eigenvalue weighted by Crippen LogP contribution is 2.14. The van der Waals surface area contributed by atoms with Crippen LogP contribution >= 0.6 is 11.3 Å². The van der Waals surface area contributed by atoms with Crippen LogP contribution in [0.5, 0.6) is 0 Å². The third kappa shape index (κ3) is 2.82. The minimum atomic E-state index is 0.219. The van der Waals surface area contributed by atoms with E-state index < -0.39 is 0 Å². The summed E-state index contributed by atoms with van der Waals surface area (Å²) >= 11 is 1.67.